The summed E-state index contributed by atoms with van der Waals surface area (Å²) >= 11 is 0. The molecule has 1 N–H and O–H groups in total. The first-order valence-electron chi connectivity index (χ1n) is 8.40. The van der Waals surface area contributed by atoms with Crippen LogP contribution in [-0.4, -0.2) is 18.0 Å². The van der Waals surface area contributed by atoms with Crippen molar-refractivity contribution in [2.75, 3.05) is 12.4 Å². The van der Waals surface area contributed by atoms with Gasteiger partial charge in [0.2, 0.25) is 0 Å². The van der Waals surface area contributed by atoms with Crippen LogP contribution >= 0.6 is 0 Å². The Morgan fingerprint density at radius 3 is 2.62 bits per heavy atom. The van der Waals surface area contributed by atoms with E-state index in [0.29, 0.717) is 11.3 Å². The number of pyridine rings is 1. The number of hydrogen-bond donors (Lipinski definition) is 1. The number of carbonyl (C=O) groups is 1. The van der Waals surface area contributed by atoms with Crippen molar-refractivity contribution in [2.24, 2.45) is 0 Å². The predicted octanol–water partition coefficient (Wildman–Crippen LogP) is 4.96. The van der Waals surface area contributed by atoms with Crippen molar-refractivity contribution < 1.29 is 9.53 Å². The average Bonchev–Trinajstić information content (AvgIpc) is 2.67. The van der Waals surface area contributed by atoms with Gasteiger partial charge in [-0.2, -0.15) is 0 Å². The monoisotopic (exact) mass is 342 g/mol. The van der Waals surface area contributed by atoms with Crippen LogP contribution in [0.15, 0.2) is 66.7 Å². The molecule has 4 heteroatoms. The first kappa shape index (κ1) is 16.1. The molecule has 0 atom stereocenters. The summed E-state index contributed by atoms with van der Waals surface area (Å²) < 4.78 is 5.24. The van der Waals surface area contributed by atoms with Gasteiger partial charge in [0, 0.05) is 22.5 Å². The molecule has 4 aromatic rings. The lowest BCUT2D eigenvalue weighted by atomic mass is 10.1. The second-order valence-corrected chi connectivity index (χ2v) is 6.16. The predicted molar refractivity (Wildman–Crippen MR) is 105 cm³/mol. The number of fused-ring (bicyclic) bond motifs is 2. The molecule has 128 valence electrons. The Bertz CT molecular complexity index is 1130. The highest BCUT2D eigenvalue weighted by Crippen LogP contribution is 2.25. The molecule has 0 aliphatic heterocycles. The van der Waals surface area contributed by atoms with Gasteiger partial charge in [0.05, 0.1) is 23.9 Å². The van der Waals surface area contributed by atoms with Crippen molar-refractivity contribution >= 4 is 33.3 Å². The van der Waals surface area contributed by atoms with Gasteiger partial charge in [-0.05, 0) is 36.6 Å². The molecule has 0 saturated heterocycles. The molecule has 26 heavy (non-hydrogen) atoms. The minimum absolute atomic E-state index is 0.163. The smallest absolute Gasteiger partial charge is 0.257 e. The topological polar surface area (TPSA) is 51.2 Å². The summed E-state index contributed by atoms with van der Waals surface area (Å²) in [6.45, 7) is 1.84. The Labute approximate surface area is 151 Å². The highest BCUT2D eigenvalue weighted by atomic mass is 16.5. The van der Waals surface area contributed by atoms with Gasteiger partial charge >= 0.3 is 0 Å². The largest absolute Gasteiger partial charge is 0.497 e. The van der Waals surface area contributed by atoms with Gasteiger partial charge in [-0.15, -0.1) is 0 Å². The van der Waals surface area contributed by atoms with E-state index in [1.165, 1.54) is 0 Å². The van der Waals surface area contributed by atoms with E-state index in [1.807, 2.05) is 73.7 Å². The molecular formula is C22H18N2O2. The number of amides is 1. The summed E-state index contributed by atoms with van der Waals surface area (Å²) in [6, 6.07) is 21.4. The van der Waals surface area contributed by atoms with E-state index in [2.05, 4.69) is 10.3 Å². The molecule has 0 aliphatic rings. The van der Waals surface area contributed by atoms with Crippen molar-refractivity contribution in [2.45, 2.75) is 6.92 Å². The molecule has 0 aliphatic carbocycles. The van der Waals surface area contributed by atoms with Gasteiger partial charge in [-0.3, -0.25) is 9.78 Å². The maximum absolute atomic E-state index is 12.9. The fourth-order valence-electron chi connectivity index (χ4n) is 3.12. The van der Waals surface area contributed by atoms with E-state index in [4.69, 9.17) is 4.74 Å². The number of aromatic nitrogens is 1. The second kappa shape index (κ2) is 6.48. The Kier molecular flexibility index (Phi) is 4.01. The van der Waals surface area contributed by atoms with Crippen LogP contribution in [0.3, 0.4) is 0 Å². The van der Waals surface area contributed by atoms with Gasteiger partial charge in [-0.25, -0.2) is 0 Å². The molecule has 0 fully saturated rings. The number of anilines is 1. The Hall–Kier alpha value is -3.40. The van der Waals surface area contributed by atoms with E-state index < -0.39 is 0 Å². The molecule has 0 radical (unpaired) electrons. The lowest BCUT2D eigenvalue weighted by Gasteiger charge is -2.11. The van der Waals surface area contributed by atoms with Crippen molar-refractivity contribution in [1.82, 2.24) is 4.98 Å². The number of benzene rings is 3. The highest BCUT2D eigenvalue weighted by molar-refractivity contribution is 6.10. The zero-order chi connectivity index (χ0) is 18.1. The molecule has 1 heterocycles. The number of hydrogen-bond acceptors (Lipinski definition) is 3. The summed E-state index contributed by atoms with van der Waals surface area (Å²) in [5, 5.41) is 6.03. The van der Waals surface area contributed by atoms with Crippen LogP contribution in [0.25, 0.3) is 21.7 Å². The average molecular weight is 342 g/mol. The van der Waals surface area contributed by atoms with E-state index in [0.717, 1.165) is 33.1 Å². The van der Waals surface area contributed by atoms with Crippen molar-refractivity contribution in [1.29, 1.82) is 0 Å². The number of ether oxygens (including phenoxy) is 1. The first-order valence-corrected chi connectivity index (χ1v) is 8.40. The molecule has 4 nitrogen and oxygen atoms in total. The number of rotatable bonds is 3. The van der Waals surface area contributed by atoms with Crippen molar-refractivity contribution in [3.63, 3.8) is 0 Å². The normalized spacial score (nSPS) is 10.8. The molecule has 0 saturated carbocycles. The van der Waals surface area contributed by atoms with Gasteiger partial charge in [0.25, 0.3) is 5.91 Å². The minimum atomic E-state index is -0.163. The van der Waals surface area contributed by atoms with Gasteiger partial charge in [-0.1, -0.05) is 36.4 Å². The standard InChI is InChI=1S/C22H18N2O2/c1-14-19(12-16-10-11-17(26-2)13-21(16)23-14)22(25)24-20-9-5-7-15-6-3-4-8-18(15)20/h3-13H,1-2H3,(H,24,25). The molecule has 3 aromatic carbocycles. The van der Waals surface area contributed by atoms with Crippen LogP contribution < -0.4 is 10.1 Å². The van der Waals surface area contributed by atoms with Gasteiger partial charge in [0.1, 0.15) is 5.75 Å². The van der Waals surface area contributed by atoms with Crippen LogP contribution in [0.2, 0.25) is 0 Å². The van der Waals surface area contributed by atoms with Gasteiger partial charge in [0.15, 0.2) is 0 Å². The fraction of sp³-hybridized carbons (Fsp3) is 0.0909. The van der Waals surface area contributed by atoms with Gasteiger partial charge < -0.3 is 10.1 Å². The number of carbonyl (C=O) groups excluding carboxylic acids is 1. The number of nitrogens with one attached hydrogen (secondary N) is 1. The Morgan fingerprint density at radius 1 is 0.962 bits per heavy atom. The third-order valence-electron chi connectivity index (χ3n) is 4.50. The molecular weight excluding hydrogens is 324 g/mol. The molecule has 0 unspecified atom stereocenters. The van der Waals surface area contributed by atoms with E-state index >= 15 is 0 Å². The first-order chi connectivity index (χ1) is 12.7. The van der Waals surface area contributed by atoms with E-state index in [-0.39, 0.29) is 5.91 Å². The van der Waals surface area contributed by atoms with Crippen LogP contribution in [0, 0.1) is 6.92 Å². The summed E-state index contributed by atoms with van der Waals surface area (Å²) in [5.41, 5.74) is 2.85. The number of nitrogens with zero attached hydrogens (tertiary/aromatic N) is 1. The third-order valence-corrected chi connectivity index (χ3v) is 4.50. The summed E-state index contributed by atoms with van der Waals surface area (Å²) in [5.74, 6) is 0.585. The molecule has 4 rings (SSSR count). The molecule has 0 bridgehead atoms. The summed E-state index contributed by atoms with van der Waals surface area (Å²) in [6.07, 6.45) is 0. The van der Waals surface area contributed by atoms with Crippen molar-refractivity contribution in [3.8, 4) is 5.75 Å². The van der Waals surface area contributed by atoms with Crippen LogP contribution in [0.5, 0.6) is 5.75 Å². The fourth-order valence-corrected chi connectivity index (χ4v) is 3.12. The lowest BCUT2D eigenvalue weighted by Crippen LogP contribution is -2.14. The lowest BCUT2D eigenvalue weighted by molar-refractivity contribution is 0.102. The molecule has 1 amide bonds. The van der Waals surface area contributed by atoms with Crippen molar-refractivity contribution in [3.05, 3.63) is 78.0 Å². The Morgan fingerprint density at radius 2 is 1.77 bits per heavy atom. The second-order valence-electron chi connectivity index (χ2n) is 6.16. The maximum Gasteiger partial charge on any atom is 0.257 e. The SMILES string of the molecule is COc1ccc2cc(C(=O)Nc3cccc4ccccc34)c(C)nc2c1. The van der Waals surface area contributed by atoms with Crippen LogP contribution in [0.1, 0.15) is 16.1 Å². The quantitative estimate of drug-likeness (QED) is 0.573. The Balaban J connectivity index is 1.72. The third kappa shape index (κ3) is 2.86. The molecule has 1 aromatic heterocycles. The number of methoxy groups -OCH3 is 1. The summed E-state index contributed by atoms with van der Waals surface area (Å²) in [4.78, 5) is 17.4. The van der Waals surface area contributed by atoms with E-state index in [1.54, 1.807) is 7.11 Å². The minimum Gasteiger partial charge on any atom is -0.497 e. The van der Waals surface area contributed by atoms with E-state index in [9.17, 15) is 4.79 Å². The van der Waals surface area contributed by atoms with Crippen LogP contribution in [-0.2, 0) is 0 Å². The summed E-state index contributed by atoms with van der Waals surface area (Å²) in [7, 11) is 1.63. The zero-order valence-electron chi connectivity index (χ0n) is 14.6. The zero-order valence-corrected chi connectivity index (χ0v) is 14.6. The highest BCUT2D eigenvalue weighted by Gasteiger charge is 2.13. The number of aryl methyl sites for hydroxylation is 1. The molecule has 0 spiro atoms. The maximum atomic E-state index is 12.9. The van der Waals surface area contributed by atoms with Crippen LogP contribution in [0.4, 0.5) is 5.69 Å².